The molecule has 0 saturated carbocycles. The average molecular weight is 145 g/mol. The van der Waals surface area contributed by atoms with Crippen molar-refractivity contribution in [2.24, 2.45) is 0 Å². The first-order valence-electron chi connectivity index (χ1n) is 2.04. The summed E-state index contributed by atoms with van der Waals surface area (Å²) in [5.74, 6) is 0. The van der Waals surface area contributed by atoms with Crippen molar-refractivity contribution in [2.75, 3.05) is 0 Å². The second-order valence-electron chi connectivity index (χ2n) is 1.26. The molecule has 2 radical (unpaired) electrons. The molecule has 40 valence electrons. The molecule has 0 amide bonds. The fraction of sp³-hybridized carbons (Fsp3) is 0. The molecular weight excluding hydrogens is 143 g/mol. The maximum Gasteiger partial charge on any atom is 0.0677 e. The third-order valence-corrected chi connectivity index (χ3v) is 1.41. The van der Waals surface area contributed by atoms with Gasteiger partial charge in [0.15, 0.2) is 0 Å². The molecule has 2 heteroatoms. The largest absolute Gasteiger partial charge is 0.0827 e. The van der Waals surface area contributed by atoms with Crippen molar-refractivity contribution in [1.82, 2.24) is 0 Å². The monoisotopic (exact) mass is 144 g/mol. The molecule has 0 N–H and O–H groups in total. The van der Waals surface area contributed by atoms with Crippen LogP contribution < -0.4 is 0 Å². The van der Waals surface area contributed by atoms with Gasteiger partial charge in [-0.05, 0) is 12.1 Å². The lowest BCUT2D eigenvalue weighted by Crippen LogP contribution is -1.64. The zero-order valence-electron chi connectivity index (χ0n) is 3.91. The van der Waals surface area contributed by atoms with E-state index in [1.54, 1.807) is 12.1 Å². The minimum Gasteiger partial charge on any atom is -0.0827 e. The molecule has 0 unspecified atom stereocenters. The minimum absolute atomic E-state index is 0.425. The van der Waals surface area contributed by atoms with Crippen LogP contribution in [0.5, 0.6) is 0 Å². The van der Waals surface area contributed by atoms with Crippen LogP contribution in [0.3, 0.4) is 0 Å². The van der Waals surface area contributed by atoms with Gasteiger partial charge in [-0.25, -0.2) is 0 Å². The van der Waals surface area contributed by atoms with Crippen molar-refractivity contribution in [2.45, 2.75) is 0 Å². The van der Waals surface area contributed by atoms with Crippen LogP contribution in [0.15, 0.2) is 12.1 Å². The summed E-state index contributed by atoms with van der Waals surface area (Å²) in [4.78, 5) is 0. The first-order chi connectivity index (χ1) is 3.80. The summed E-state index contributed by atoms with van der Waals surface area (Å²) in [6, 6.07) is 8.60. The Morgan fingerprint density at radius 2 is 2.12 bits per heavy atom. The maximum atomic E-state index is 5.53. The molecule has 1 aromatic rings. The van der Waals surface area contributed by atoms with E-state index >= 15 is 0 Å². The minimum atomic E-state index is 0.425. The maximum absolute atomic E-state index is 5.53. The van der Waals surface area contributed by atoms with Crippen molar-refractivity contribution in [3.05, 3.63) is 34.3 Å². The van der Waals surface area contributed by atoms with Crippen LogP contribution in [0.2, 0.25) is 10.0 Å². The SMILES string of the molecule is Clc1[c][c]ccc1Cl. The Kier molecular flexibility index (Phi) is 1.77. The molecule has 0 aliphatic heterocycles. The van der Waals surface area contributed by atoms with Gasteiger partial charge in [0.2, 0.25) is 0 Å². The van der Waals surface area contributed by atoms with Gasteiger partial charge in [-0.2, -0.15) is 0 Å². The van der Waals surface area contributed by atoms with Gasteiger partial charge >= 0.3 is 0 Å². The van der Waals surface area contributed by atoms with Gasteiger partial charge in [-0.1, -0.05) is 29.3 Å². The van der Waals surface area contributed by atoms with E-state index in [1.165, 1.54) is 0 Å². The first kappa shape index (κ1) is 5.93. The van der Waals surface area contributed by atoms with Crippen molar-refractivity contribution in [3.63, 3.8) is 0 Å². The molecule has 0 aliphatic rings. The number of benzene rings is 1. The van der Waals surface area contributed by atoms with Crippen molar-refractivity contribution >= 4 is 23.2 Å². The first-order valence-corrected chi connectivity index (χ1v) is 2.79. The van der Waals surface area contributed by atoms with E-state index in [1.807, 2.05) is 0 Å². The Balaban J connectivity index is 3.13. The van der Waals surface area contributed by atoms with Gasteiger partial charge in [0.1, 0.15) is 0 Å². The highest BCUT2D eigenvalue weighted by Gasteiger charge is 1.90. The van der Waals surface area contributed by atoms with Crippen LogP contribution in [0.1, 0.15) is 0 Å². The lowest BCUT2D eigenvalue weighted by atomic mass is 10.4. The Morgan fingerprint density at radius 1 is 1.38 bits per heavy atom. The Hall–Kier alpha value is -0.200. The third-order valence-electron chi connectivity index (χ3n) is 0.705. The summed E-state index contributed by atoms with van der Waals surface area (Å²) in [6.45, 7) is 0. The zero-order valence-corrected chi connectivity index (χ0v) is 5.42. The van der Waals surface area contributed by atoms with Gasteiger partial charge < -0.3 is 0 Å². The Bertz CT molecular complexity index is 163. The van der Waals surface area contributed by atoms with E-state index in [-0.39, 0.29) is 0 Å². The van der Waals surface area contributed by atoms with Crippen LogP contribution in [-0.4, -0.2) is 0 Å². The number of hydrogen-bond donors (Lipinski definition) is 0. The summed E-state index contributed by atoms with van der Waals surface area (Å²) in [6.07, 6.45) is 0. The van der Waals surface area contributed by atoms with Crippen LogP contribution in [0, 0.1) is 12.1 Å². The molecule has 0 bridgehead atoms. The topological polar surface area (TPSA) is 0 Å². The normalized spacial score (nSPS) is 9.25. The average Bonchev–Trinajstić information content (AvgIpc) is 1.77. The van der Waals surface area contributed by atoms with E-state index in [2.05, 4.69) is 12.1 Å². The van der Waals surface area contributed by atoms with E-state index in [9.17, 15) is 0 Å². The highest BCUT2D eigenvalue weighted by Crippen LogP contribution is 2.18. The molecule has 8 heavy (non-hydrogen) atoms. The summed E-state index contributed by atoms with van der Waals surface area (Å²) in [7, 11) is 0. The summed E-state index contributed by atoms with van der Waals surface area (Å²) in [5, 5.41) is 0.944. The molecule has 0 aromatic heterocycles. The summed E-state index contributed by atoms with van der Waals surface area (Å²) in [5.41, 5.74) is 0. The fourth-order valence-corrected chi connectivity index (χ4v) is 0.581. The highest BCUT2D eigenvalue weighted by atomic mass is 35.5. The molecule has 0 spiro atoms. The van der Waals surface area contributed by atoms with E-state index < -0.39 is 0 Å². The standard InChI is InChI=1S/C6H2Cl2/c7-5-3-1-2-4-6(5)8/h1,3H. The molecule has 1 aromatic carbocycles. The molecule has 0 nitrogen and oxygen atoms in total. The van der Waals surface area contributed by atoms with E-state index in [0.29, 0.717) is 10.0 Å². The molecule has 0 saturated heterocycles. The summed E-state index contributed by atoms with van der Waals surface area (Å²) >= 11 is 11.0. The Labute approximate surface area is 58.0 Å². The summed E-state index contributed by atoms with van der Waals surface area (Å²) < 4.78 is 0. The number of halogens is 2. The fourth-order valence-electron chi connectivity index (χ4n) is 0.353. The van der Waals surface area contributed by atoms with Crippen LogP contribution >= 0.6 is 23.2 Å². The van der Waals surface area contributed by atoms with E-state index in [4.69, 9.17) is 23.2 Å². The van der Waals surface area contributed by atoms with Crippen LogP contribution in [-0.2, 0) is 0 Å². The molecule has 1 rings (SSSR count). The molecule has 0 fully saturated rings. The predicted molar refractivity (Wildman–Crippen MR) is 34.1 cm³/mol. The van der Waals surface area contributed by atoms with Crippen LogP contribution in [0.4, 0.5) is 0 Å². The smallest absolute Gasteiger partial charge is 0.0677 e. The number of rotatable bonds is 0. The van der Waals surface area contributed by atoms with Gasteiger partial charge in [-0.15, -0.1) is 0 Å². The molecule has 0 atom stereocenters. The van der Waals surface area contributed by atoms with E-state index in [0.717, 1.165) is 0 Å². The molecular formula is C6H2Cl2. The second kappa shape index (κ2) is 2.38. The molecule has 0 heterocycles. The third kappa shape index (κ3) is 1.15. The quantitative estimate of drug-likeness (QED) is 0.526. The lowest BCUT2D eigenvalue weighted by Gasteiger charge is -1.87. The lowest BCUT2D eigenvalue weighted by molar-refractivity contribution is 1.67. The van der Waals surface area contributed by atoms with Crippen molar-refractivity contribution < 1.29 is 0 Å². The van der Waals surface area contributed by atoms with Crippen LogP contribution in [0.25, 0.3) is 0 Å². The van der Waals surface area contributed by atoms with Crippen molar-refractivity contribution in [1.29, 1.82) is 0 Å². The van der Waals surface area contributed by atoms with Gasteiger partial charge in [0, 0.05) is 6.07 Å². The number of hydrogen-bond acceptors (Lipinski definition) is 0. The highest BCUT2D eigenvalue weighted by molar-refractivity contribution is 6.41. The van der Waals surface area contributed by atoms with Crippen molar-refractivity contribution in [3.8, 4) is 0 Å². The van der Waals surface area contributed by atoms with Gasteiger partial charge in [0.05, 0.1) is 10.0 Å². The predicted octanol–water partition coefficient (Wildman–Crippen LogP) is 2.59. The van der Waals surface area contributed by atoms with Gasteiger partial charge in [0.25, 0.3) is 0 Å². The zero-order chi connectivity index (χ0) is 5.98. The Morgan fingerprint density at radius 3 is 2.50 bits per heavy atom. The molecule has 0 aliphatic carbocycles. The van der Waals surface area contributed by atoms with Gasteiger partial charge in [-0.3, -0.25) is 0 Å². The second-order valence-corrected chi connectivity index (χ2v) is 2.05.